The van der Waals surface area contributed by atoms with Gasteiger partial charge in [-0.25, -0.2) is 0 Å². The first-order chi connectivity index (χ1) is 25.7. The third-order valence-electron chi connectivity index (χ3n) is 9.16. The lowest BCUT2D eigenvalue weighted by atomic mass is 9.99. The van der Waals surface area contributed by atoms with Crippen molar-refractivity contribution in [2.45, 2.75) is 13.8 Å². The molecule has 0 unspecified atom stereocenters. The predicted molar refractivity (Wildman–Crippen MR) is 224 cm³/mol. The molecule has 52 heavy (non-hydrogen) atoms. The Balaban J connectivity index is 1.31. The second kappa shape index (κ2) is 16.4. The molecule has 7 aromatic carbocycles. The number of fused-ring (bicyclic) bond motifs is 1. The minimum Gasteiger partial charge on any atom is -0.311 e. The first-order valence-electron chi connectivity index (χ1n) is 17.8. The first kappa shape index (κ1) is 33.8. The smallest absolute Gasteiger partial charge is 0.0468 e. The second-order valence-corrected chi connectivity index (χ2v) is 12.5. The van der Waals surface area contributed by atoms with Crippen LogP contribution in [0.4, 0.5) is 28.4 Å². The van der Waals surface area contributed by atoms with E-state index in [0.717, 1.165) is 45.3 Å². The van der Waals surface area contributed by atoms with Crippen LogP contribution in [-0.2, 0) is 0 Å². The molecule has 2 nitrogen and oxygen atoms in total. The Hall–Kier alpha value is -6.64. The molecule has 7 aromatic rings. The largest absolute Gasteiger partial charge is 0.311 e. The van der Waals surface area contributed by atoms with Gasteiger partial charge in [-0.15, -0.1) is 0 Å². The van der Waals surface area contributed by atoms with Crippen molar-refractivity contribution in [3.63, 3.8) is 0 Å². The number of para-hydroxylation sites is 2. The van der Waals surface area contributed by atoms with Gasteiger partial charge in [-0.05, 0) is 114 Å². The Morgan fingerprint density at radius 3 is 1.42 bits per heavy atom. The third-order valence-corrected chi connectivity index (χ3v) is 9.16. The summed E-state index contributed by atoms with van der Waals surface area (Å²) >= 11 is 0. The van der Waals surface area contributed by atoms with E-state index in [2.05, 4.69) is 242 Å². The third kappa shape index (κ3) is 7.57. The monoisotopic (exact) mass is 670 g/mol. The maximum Gasteiger partial charge on any atom is 0.0468 e. The highest BCUT2D eigenvalue weighted by atomic mass is 15.1. The summed E-state index contributed by atoms with van der Waals surface area (Å²) in [5, 5.41) is 2.37. The Bertz CT molecular complexity index is 2340. The molecule has 0 saturated heterocycles. The summed E-state index contributed by atoms with van der Waals surface area (Å²) in [6.07, 6.45) is 6.38. The fourth-order valence-corrected chi connectivity index (χ4v) is 6.66. The highest BCUT2D eigenvalue weighted by Gasteiger charge is 2.15. The molecule has 0 N–H and O–H groups in total. The van der Waals surface area contributed by atoms with Crippen molar-refractivity contribution in [3.8, 4) is 22.3 Å². The van der Waals surface area contributed by atoms with Crippen molar-refractivity contribution in [1.29, 1.82) is 0 Å². The van der Waals surface area contributed by atoms with Gasteiger partial charge in [0.2, 0.25) is 0 Å². The average Bonchev–Trinajstić information content (AvgIpc) is 3.21. The van der Waals surface area contributed by atoms with Gasteiger partial charge in [-0.3, -0.25) is 0 Å². The fourth-order valence-electron chi connectivity index (χ4n) is 6.66. The van der Waals surface area contributed by atoms with Crippen LogP contribution in [0.2, 0.25) is 0 Å². The molecular weight excluding hydrogens is 629 g/mol. The zero-order valence-corrected chi connectivity index (χ0v) is 29.7. The Morgan fingerprint density at radius 1 is 0.404 bits per heavy atom. The molecule has 7 rings (SSSR count). The van der Waals surface area contributed by atoms with E-state index >= 15 is 0 Å². The first-order valence-corrected chi connectivity index (χ1v) is 17.8. The van der Waals surface area contributed by atoms with E-state index in [0.29, 0.717) is 0 Å². The van der Waals surface area contributed by atoms with Crippen molar-refractivity contribution in [3.05, 3.63) is 224 Å². The Labute approximate surface area is 308 Å². The molecule has 0 heterocycles. The van der Waals surface area contributed by atoms with Crippen LogP contribution >= 0.6 is 0 Å². The van der Waals surface area contributed by atoms with Crippen LogP contribution in [-0.4, -0.2) is 0 Å². The maximum atomic E-state index is 2.34. The average molecular weight is 671 g/mol. The van der Waals surface area contributed by atoms with E-state index < -0.39 is 0 Å². The van der Waals surface area contributed by atoms with Gasteiger partial charge in [0.25, 0.3) is 0 Å². The van der Waals surface area contributed by atoms with E-state index in [1.54, 1.807) is 0 Å². The molecule has 0 bridgehead atoms. The normalized spacial score (nSPS) is 11.3. The number of hydrogen-bond donors (Lipinski definition) is 0. The molecule has 0 atom stereocenters. The van der Waals surface area contributed by atoms with Crippen LogP contribution in [0, 0.1) is 0 Å². The molecule has 0 aliphatic rings. The lowest BCUT2D eigenvalue weighted by molar-refractivity contribution is 1.20. The van der Waals surface area contributed by atoms with Gasteiger partial charge in [0.1, 0.15) is 0 Å². The maximum absolute atomic E-state index is 2.34. The molecule has 0 spiro atoms. The van der Waals surface area contributed by atoms with Crippen LogP contribution in [0.15, 0.2) is 224 Å². The van der Waals surface area contributed by atoms with Gasteiger partial charge in [0.15, 0.2) is 0 Å². The highest BCUT2D eigenvalue weighted by Crippen LogP contribution is 2.38. The number of anilines is 5. The van der Waals surface area contributed by atoms with Crippen molar-refractivity contribution in [2.75, 3.05) is 9.80 Å². The second-order valence-electron chi connectivity index (χ2n) is 12.5. The molecule has 0 saturated carbocycles. The SMILES string of the molecule is C/C=C\C(=C/C)N(c1ccccc1)c1ccc(-c2ccc(N(c3ccccc3)c3cccccc4ccccc4c(-c4ccccc4)c3)cc2)cc1. The van der Waals surface area contributed by atoms with Gasteiger partial charge < -0.3 is 9.80 Å². The van der Waals surface area contributed by atoms with Crippen LogP contribution in [0.3, 0.4) is 0 Å². The number of hydrogen-bond acceptors (Lipinski definition) is 2. The highest BCUT2D eigenvalue weighted by molar-refractivity contribution is 5.97. The van der Waals surface area contributed by atoms with Crippen LogP contribution in [0.25, 0.3) is 33.0 Å². The van der Waals surface area contributed by atoms with Crippen LogP contribution in [0.5, 0.6) is 0 Å². The lowest BCUT2D eigenvalue weighted by Crippen LogP contribution is -2.14. The van der Waals surface area contributed by atoms with E-state index in [-0.39, 0.29) is 0 Å². The summed E-state index contributed by atoms with van der Waals surface area (Å²) in [4.78, 5) is 4.63. The van der Waals surface area contributed by atoms with E-state index in [1.807, 2.05) is 0 Å². The number of rotatable bonds is 9. The van der Waals surface area contributed by atoms with E-state index in [1.165, 1.54) is 21.9 Å². The van der Waals surface area contributed by atoms with Gasteiger partial charge in [-0.2, -0.15) is 0 Å². The zero-order chi connectivity index (χ0) is 35.5. The standard InChI is InChI=1S/C50H42N2/c1-3-19-43(4-2)51(44-24-12-7-13-25-44)46-34-30-39(31-35-46)40-32-36-47(37-33-40)52(45-26-14-8-15-27-45)48-28-16-6-11-20-41-23-17-18-29-49(41)50(38-48)42-21-9-5-10-22-42/h3-38H,1-2H3/b11-6?,16-6?,19-3-,20-11?,28-16?,41-20?,43-4+,48-28?,48-38?,50-38?,50-49?. The van der Waals surface area contributed by atoms with Gasteiger partial charge in [0.05, 0.1) is 0 Å². The summed E-state index contributed by atoms with van der Waals surface area (Å²) in [6.45, 7) is 4.14. The molecule has 0 aromatic heterocycles. The number of allylic oxidation sites excluding steroid dienone is 3. The summed E-state index contributed by atoms with van der Waals surface area (Å²) in [6, 6.07) is 71.2. The zero-order valence-electron chi connectivity index (χ0n) is 29.7. The summed E-state index contributed by atoms with van der Waals surface area (Å²) in [7, 11) is 0. The summed E-state index contributed by atoms with van der Waals surface area (Å²) < 4.78 is 0. The van der Waals surface area contributed by atoms with Crippen molar-refractivity contribution < 1.29 is 0 Å². The summed E-state index contributed by atoms with van der Waals surface area (Å²) in [5.41, 5.74) is 11.3. The lowest BCUT2D eigenvalue weighted by Gasteiger charge is -2.27. The van der Waals surface area contributed by atoms with Crippen LogP contribution < -0.4 is 9.80 Å². The van der Waals surface area contributed by atoms with Gasteiger partial charge in [-0.1, -0.05) is 152 Å². The Morgan fingerprint density at radius 2 is 0.846 bits per heavy atom. The molecule has 0 amide bonds. The van der Waals surface area contributed by atoms with Gasteiger partial charge >= 0.3 is 0 Å². The van der Waals surface area contributed by atoms with E-state index in [4.69, 9.17) is 0 Å². The molecular formula is C50H42N2. The van der Waals surface area contributed by atoms with Gasteiger partial charge in [0, 0.05) is 34.1 Å². The van der Waals surface area contributed by atoms with Crippen molar-refractivity contribution in [1.82, 2.24) is 0 Å². The number of nitrogens with zero attached hydrogens (tertiary/aromatic N) is 2. The number of benzene rings is 6. The minimum atomic E-state index is 1.06. The molecule has 2 heteroatoms. The molecule has 252 valence electrons. The topological polar surface area (TPSA) is 6.48 Å². The predicted octanol–water partition coefficient (Wildman–Crippen LogP) is 14.4. The molecule has 0 aliphatic carbocycles. The molecule has 0 fully saturated rings. The van der Waals surface area contributed by atoms with Crippen LogP contribution in [0.1, 0.15) is 13.8 Å². The Kier molecular flexibility index (Phi) is 10.7. The summed E-state index contributed by atoms with van der Waals surface area (Å²) in [5.74, 6) is 0. The minimum absolute atomic E-state index is 1.06. The van der Waals surface area contributed by atoms with E-state index in [9.17, 15) is 0 Å². The quantitative estimate of drug-likeness (QED) is 0.141. The molecule has 0 radical (unpaired) electrons. The van der Waals surface area contributed by atoms with Crippen molar-refractivity contribution in [2.24, 2.45) is 0 Å². The fraction of sp³-hybridized carbons (Fsp3) is 0.0400. The molecule has 0 aliphatic heterocycles. The van der Waals surface area contributed by atoms with Crippen molar-refractivity contribution >= 4 is 39.2 Å².